The molecule has 0 aromatic carbocycles. The van der Waals surface area contributed by atoms with Crippen LogP contribution in [-0.4, -0.2) is 22.0 Å². The SMILES string of the molecule is COc1cnn(C(C)C)c1C(O)c1ccoc1C. The molecule has 0 fully saturated rings. The Balaban J connectivity index is 2.49. The van der Waals surface area contributed by atoms with Crippen LogP contribution < -0.4 is 4.74 Å². The van der Waals surface area contributed by atoms with Crippen LogP contribution in [-0.2, 0) is 0 Å². The van der Waals surface area contributed by atoms with Gasteiger partial charge in [-0.05, 0) is 26.8 Å². The number of aryl methyl sites for hydroxylation is 1. The molecule has 2 aromatic heterocycles. The normalized spacial score (nSPS) is 13.0. The number of hydrogen-bond donors (Lipinski definition) is 1. The van der Waals surface area contributed by atoms with Crippen molar-refractivity contribution < 1.29 is 14.3 Å². The summed E-state index contributed by atoms with van der Waals surface area (Å²) in [6.07, 6.45) is 2.38. The molecule has 2 rings (SSSR count). The number of aliphatic hydroxyl groups is 1. The van der Waals surface area contributed by atoms with Crippen LogP contribution in [0.3, 0.4) is 0 Å². The molecule has 1 atom stereocenters. The number of ether oxygens (including phenoxy) is 1. The van der Waals surface area contributed by atoms with E-state index in [0.29, 0.717) is 17.2 Å². The summed E-state index contributed by atoms with van der Waals surface area (Å²) >= 11 is 0. The van der Waals surface area contributed by atoms with E-state index in [1.807, 2.05) is 20.8 Å². The molecule has 2 aromatic rings. The van der Waals surface area contributed by atoms with Crippen LogP contribution >= 0.6 is 0 Å². The summed E-state index contributed by atoms with van der Waals surface area (Å²) in [5.74, 6) is 1.28. The quantitative estimate of drug-likeness (QED) is 0.905. The van der Waals surface area contributed by atoms with Crippen molar-refractivity contribution in [2.45, 2.75) is 32.9 Å². The van der Waals surface area contributed by atoms with Gasteiger partial charge in [-0.25, -0.2) is 0 Å². The van der Waals surface area contributed by atoms with Crippen LogP contribution in [0.15, 0.2) is 22.9 Å². The summed E-state index contributed by atoms with van der Waals surface area (Å²) in [6.45, 7) is 5.83. The molecule has 18 heavy (non-hydrogen) atoms. The van der Waals surface area contributed by atoms with Gasteiger partial charge in [-0.15, -0.1) is 0 Å². The fourth-order valence-electron chi connectivity index (χ4n) is 2.01. The molecule has 0 radical (unpaired) electrons. The Morgan fingerprint density at radius 2 is 2.17 bits per heavy atom. The van der Waals surface area contributed by atoms with E-state index in [9.17, 15) is 5.11 Å². The molecule has 1 unspecified atom stereocenters. The maximum absolute atomic E-state index is 10.5. The average molecular weight is 250 g/mol. The molecule has 0 saturated heterocycles. The summed E-state index contributed by atoms with van der Waals surface area (Å²) in [6, 6.07) is 1.91. The van der Waals surface area contributed by atoms with Crippen molar-refractivity contribution in [1.82, 2.24) is 9.78 Å². The summed E-state index contributed by atoms with van der Waals surface area (Å²) in [5, 5.41) is 14.7. The van der Waals surface area contributed by atoms with Gasteiger partial charge in [0.25, 0.3) is 0 Å². The first-order valence-corrected chi connectivity index (χ1v) is 5.89. The number of methoxy groups -OCH3 is 1. The number of furan rings is 1. The maximum Gasteiger partial charge on any atom is 0.163 e. The number of aliphatic hydroxyl groups excluding tert-OH is 1. The predicted octanol–water partition coefficient (Wildman–Crippen LogP) is 2.46. The molecular formula is C13H18N2O3. The van der Waals surface area contributed by atoms with Gasteiger partial charge in [-0.3, -0.25) is 4.68 Å². The first kappa shape index (κ1) is 12.7. The van der Waals surface area contributed by atoms with Crippen LogP contribution in [0.1, 0.15) is 43.0 Å². The lowest BCUT2D eigenvalue weighted by Crippen LogP contribution is -2.13. The van der Waals surface area contributed by atoms with Gasteiger partial charge < -0.3 is 14.3 Å². The molecule has 0 saturated carbocycles. The Labute approximate surface area is 106 Å². The number of nitrogens with zero attached hydrogens (tertiary/aromatic N) is 2. The Hall–Kier alpha value is -1.75. The van der Waals surface area contributed by atoms with E-state index in [-0.39, 0.29) is 6.04 Å². The zero-order chi connectivity index (χ0) is 13.3. The number of aromatic nitrogens is 2. The Morgan fingerprint density at radius 3 is 2.67 bits per heavy atom. The zero-order valence-corrected chi connectivity index (χ0v) is 11.0. The zero-order valence-electron chi connectivity index (χ0n) is 11.0. The fourth-order valence-corrected chi connectivity index (χ4v) is 2.01. The van der Waals surface area contributed by atoms with Gasteiger partial charge in [0.2, 0.25) is 0 Å². The molecule has 0 aliphatic rings. The lowest BCUT2D eigenvalue weighted by atomic mass is 10.1. The standard InChI is InChI=1S/C13H18N2O3/c1-8(2)15-12(11(17-4)7-14-15)13(16)10-5-6-18-9(10)3/h5-8,13,16H,1-4H3. The molecule has 5 nitrogen and oxygen atoms in total. The molecule has 0 aliphatic heterocycles. The van der Waals surface area contributed by atoms with Gasteiger partial charge >= 0.3 is 0 Å². The molecule has 2 heterocycles. The van der Waals surface area contributed by atoms with Gasteiger partial charge in [0, 0.05) is 11.6 Å². The van der Waals surface area contributed by atoms with Gasteiger partial charge in [0.1, 0.15) is 17.6 Å². The van der Waals surface area contributed by atoms with Crippen LogP contribution in [0, 0.1) is 6.92 Å². The molecule has 0 spiro atoms. The van der Waals surface area contributed by atoms with Crippen molar-refractivity contribution in [3.63, 3.8) is 0 Å². The third kappa shape index (κ3) is 2.01. The van der Waals surface area contributed by atoms with E-state index in [1.165, 1.54) is 0 Å². The van der Waals surface area contributed by atoms with E-state index in [0.717, 1.165) is 5.56 Å². The highest BCUT2D eigenvalue weighted by Gasteiger charge is 2.25. The lowest BCUT2D eigenvalue weighted by molar-refractivity contribution is 0.197. The second kappa shape index (κ2) is 4.86. The second-order valence-electron chi connectivity index (χ2n) is 4.47. The van der Waals surface area contributed by atoms with Crippen molar-refractivity contribution in [3.8, 4) is 5.75 Å². The summed E-state index contributed by atoms with van der Waals surface area (Å²) in [5.41, 5.74) is 1.38. The Morgan fingerprint density at radius 1 is 1.44 bits per heavy atom. The van der Waals surface area contributed by atoms with Gasteiger partial charge in [0.05, 0.1) is 19.6 Å². The smallest absolute Gasteiger partial charge is 0.163 e. The van der Waals surface area contributed by atoms with E-state index in [4.69, 9.17) is 9.15 Å². The lowest BCUT2D eigenvalue weighted by Gasteiger charge is -2.16. The highest BCUT2D eigenvalue weighted by molar-refractivity contribution is 5.35. The van der Waals surface area contributed by atoms with Crippen molar-refractivity contribution in [2.24, 2.45) is 0 Å². The molecule has 0 bridgehead atoms. The third-order valence-electron chi connectivity index (χ3n) is 2.96. The summed E-state index contributed by atoms with van der Waals surface area (Å²) < 4.78 is 12.2. The van der Waals surface area contributed by atoms with Crippen molar-refractivity contribution in [1.29, 1.82) is 0 Å². The molecule has 5 heteroatoms. The maximum atomic E-state index is 10.5. The minimum absolute atomic E-state index is 0.144. The largest absolute Gasteiger partial charge is 0.493 e. The highest BCUT2D eigenvalue weighted by Crippen LogP contribution is 2.33. The minimum atomic E-state index is -0.802. The minimum Gasteiger partial charge on any atom is -0.493 e. The first-order chi connectivity index (χ1) is 8.56. The Kier molecular flexibility index (Phi) is 3.43. The molecule has 1 N–H and O–H groups in total. The van der Waals surface area contributed by atoms with Gasteiger partial charge in [0.15, 0.2) is 5.75 Å². The van der Waals surface area contributed by atoms with Crippen molar-refractivity contribution in [3.05, 3.63) is 35.5 Å². The fraction of sp³-hybridized carbons (Fsp3) is 0.462. The van der Waals surface area contributed by atoms with Crippen LogP contribution in [0.2, 0.25) is 0 Å². The van der Waals surface area contributed by atoms with Crippen molar-refractivity contribution in [2.75, 3.05) is 7.11 Å². The average Bonchev–Trinajstić information content (AvgIpc) is 2.93. The van der Waals surface area contributed by atoms with Crippen LogP contribution in [0.4, 0.5) is 0 Å². The third-order valence-corrected chi connectivity index (χ3v) is 2.96. The van der Waals surface area contributed by atoms with Gasteiger partial charge in [-0.1, -0.05) is 0 Å². The molecule has 0 amide bonds. The van der Waals surface area contributed by atoms with E-state index < -0.39 is 6.10 Å². The highest BCUT2D eigenvalue weighted by atomic mass is 16.5. The van der Waals surface area contributed by atoms with E-state index in [1.54, 1.807) is 30.3 Å². The van der Waals surface area contributed by atoms with E-state index >= 15 is 0 Å². The monoisotopic (exact) mass is 250 g/mol. The van der Waals surface area contributed by atoms with Crippen LogP contribution in [0.5, 0.6) is 5.75 Å². The van der Waals surface area contributed by atoms with Crippen LogP contribution in [0.25, 0.3) is 0 Å². The second-order valence-corrected chi connectivity index (χ2v) is 4.47. The Bertz CT molecular complexity index is 528. The van der Waals surface area contributed by atoms with Gasteiger partial charge in [-0.2, -0.15) is 5.10 Å². The first-order valence-electron chi connectivity index (χ1n) is 5.89. The van der Waals surface area contributed by atoms with E-state index in [2.05, 4.69) is 5.10 Å². The topological polar surface area (TPSA) is 60.4 Å². The predicted molar refractivity (Wildman–Crippen MR) is 66.7 cm³/mol. The summed E-state index contributed by atoms with van der Waals surface area (Å²) in [4.78, 5) is 0. The van der Waals surface area contributed by atoms with Crippen molar-refractivity contribution >= 4 is 0 Å². The molecule has 98 valence electrons. The summed E-state index contributed by atoms with van der Waals surface area (Å²) in [7, 11) is 1.57. The number of hydrogen-bond acceptors (Lipinski definition) is 4. The number of rotatable bonds is 4. The molecule has 0 aliphatic carbocycles. The molecular weight excluding hydrogens is 232 g/mol.